The number of nitrogens with one attached hydrogen (secondary N) is 1. The summed E-state index contributed by atoms with van der Waals surface area (Å²) in [5.74, 6) is -1.41. The molecule has 0 spiro atoms. The van der Waals surface area contributed by atoms with Crippen LogP contribution in [0.15, 0.2) is 53.1 Å². The Labute approximate surface area is 151 Å². The quantitative estimate of drug-likeness (QED) is 0.426. The molecule has 0 saturated heterocycles. The summed E-state index contributed by atoms with van der Waals surface area (Å²) < 4.78 is 5.35. The van der Waals surface area contributed by atoms with Crippen LogP contribution in [0.25, 0.3) is 0 Å². The largest absolute Gasteiger partial charge is 0.480 e. The number of aliphatic hydroxyl groups excluding tert-OH is 3. The van der Waals surface area contributed by atoms with Crippen LogP contribution in [0.3, 0.4) is 0 Å². The number of carboxylic acids is 1. The molecule has 0 aliphatic rings. The fourth-order valence-corrected chi connectivity index (χ4v) is 2.80. The van der Waals surface area contributed by atoms with Gasteiger partial charge in [-0.05, 0) is 24.1 Å². The molecule has 0 saturated carbocycles. The topological polar surface area (TPSA) is 123 Å². The average Bonchev–Trinajstić information content (AvgIpc) is 3.18. The Morgan fingerprint density at radius 3 is 2.38 bits per heavy atom. The van der Waals surface area contributed by atoms with Gasteiger partial charge in [0.05, 0.1) is 31.1 Å². The SMILES string of the molecule is C[C@H]([C@@H](O)[C@@H](N[C@@H](Cc1ccccc1)C(=O)O)c1ccco1)[C@H](O)CO. The summed E-state index contributed by atoms with van der Waals surface area (Å²) in [5.41, 5.74) is 0.837. The van der Waals surface area contributed by atoms with Crippen molar-refractivity contribution >= 4 is 5.97 Å². The van der Waals surface area contributed by atoms with Gasteiger partial charge in [0.15, 0.2) is 0 Å². The number of benzene rings is 1. The maximum Gasteiger partial charge on any atom is 0.321 e. The Kier molecular flexibility index (Phi) is 7.35. The van der Waals surface area contributed by atoms with E-state index in [0.717, 1.165) is 5.56 Å². The Morgan fingerprint density at radius 2 is 1.85 bits per heavy atom. The molecule has 0 radical (unpaired) electrons. The van der Waals surface area contributed by atoms with E-state index in [1.165, 1.54) is 6.26 Å². The molecule has 5 N–H and O–H groups in total. The molecule has 0 amide bonds. The molecule has 0 bridgehead atoms. The molecule has 7 heteroatoms. The maximum absolute atomic E-state index is 11.7. The van der Waals surface area contributed by atoms with E-state index >= 15 is 0 Å². The highest BCUT2D eigenvalue weighted by molar-refractivity contribution is 5.74. The number of rotatable bonds is 10. The van der Waals surface area contributed by atoms with E-state index in [4.69, 9.17) is 9.52 Å². The smallest absolute Gasteiger partial charge is 0.321 e. The minimum atomic E-state index is -1.17. The van der Waals surface area contributed by atoms with Crippen LogP contribution in [-0.4, -0.2) is 51.3 Å². The van der Waals surface area contributed by atoms with Gasteiger partial charge in [-0.15, -0.1) is 0 Å². The summed E-state index contributed by atoms with van der Waals surface area (Å²) in [6, 6.07) is 10.6. The normalized spacial score (nSPS) is 17.2. The molecule has 1 heterocycles. The second kappa shape index (κ2) is 9.49. The minimum Gasteiger partial charge on any atom is -0.480 e. The standard InChI is InChI=1S/C19H25NO6/c1-12(15(22)11-21)18(23)17(16-8-5-9-26-16)20-14(19(24)25)10-13-6-3-2-4-7-13/h2-9,12,14-15,17-18,20-23H,10-11H2,1H3,(H,24,25)/t12-,14-,15+,17-,18+/m0/s1. The van der Waals surface area contributed by atoms with Gasteiger partial charge in [-0.1, -0.05) is 37.3 Å². The second-order valence-corrected chi connectivity index (χ2v) is 6.34. The summed E-state index contributed by atoms with van der Waals surface area (Å²) in [6.07, 6.45) is -0.656. The van der Waals surface area contributed by atoms with Crippen molar-refractivity contribution in [3.05, 3.63) is 60.1 Å². The summed E-state index contributed by atoms with van der Waals surface area (Å²) in [5, 5.41) is 42.2. The van der Waals surface area contributed by atoms with Gasteiger partial charge in [-0.3, -0.25) is 10.1 Å². The van der Waals surface area contributed by atoms with Gasteiger partial charge in [0, 0.05) is 5.92 Å². The first-order chi connectivity index (χ1) is 12.4. The van der Waals surface area contributed by atoms with E-state index < -0.39 is 42.8 Å². The lowest BCUT2D eigenvalue weighted by Crippen LogP contribution is -2.48. The van der Waals surface area contributed by atoms with Crippen LogP contribution >= 0.6 is 0 Å². The molecule has 2 aromatic rings. The van der Waals surface area contributed by atoms with E-state index in [2.05, 4.69) is 5.32 Å². The lowest BCUT2D eigenvalue weighted by molar-refractivity contribution is -0.140. The highest BCUT2D eigenvalue weighted by atomic mass is 16.4. The number of hydrogen-bond donors (Lipinski definition) is 5. The molecule has 5 atom stereocenters. The fourth-order valence-electron chi connectivity index (χ4n) is 2.80. The van der Waals surface area contributed by atoms with Crippen molar-refractivity contribution in [2.24, 2.45) is 5.92 Å². The van der Waals surface area contributed by atoms with Crippen LogP contribution < -0.4 is 5.32 Å². The minimum absolute atomic E-state index is 0.219. The highest BCUT2D eigenvalue weighted by Gasteiger charge is 2.34. The third kappa shape index (κ3) is 5.15. The molecule has 2 rings (SSSR count). The summed E-state index contributed by atoms with van der Waals surface area (Å²) in [7, 11) is 0. The summed E-state index contributed by atoms with van der Waals surface area (Å²) in [6.45, 7) is 1.08. The molecule has 0 fully saturated rings. The molecular formula is C19H25NO6. The number of furan rings is 1. The number of aliphatic hydroxyl groups is 3. The summed E-state index contributed by atoms with van der Waals surface area (Å²) in [4.78, 5) is 11.7. The van der Waals surface area contributed by atoms with Crippen molar-refractivity contribution in [1.82, 2.24) is 5.32 Å². The Balaban J connectivity index is 2.22. The lowest BCUT2D eigenvalue weighted by Gasteiger charge is -2.31. The van der Waals surface area contributed by atoms with E-state index in [9.17, 15) is 20.1 Å². The van der Waals surface area contributed by atoms with Crippen molar-refractivity contribution in [3.63, 3.8) is 0 Å². The van der Waals surface area contributed by atoms with Crippen molar-refractivity contribution < 1.29 is 29.6 Å². The average molecular weight is 363 g/mol. The number of carboxylic acid groups (broad SMARTS) is 1. The third-order valence-electron chi connectivity index (χ3n) is 4.49. The van der Waals surface area contributed by atoms with Crippen molar-refractivity contribution in [2.45, 2.75) is 37.6 Å². The monoisotopic (exact) mass is 363 g/mol. The Hall–Kier alpha value is -2.19. The maximum atomic E-state index is 11.7. The van der Waals surface area contributed by atoms with Crippen LogP contribution in [0, 0.1) is 5.92 Å². The van der Waals surface area contributed by atoms with Crippen LogP contribution in [0.1, 0.15) is 24.3 Å². The number of carbonyl (C=O) groups is 1. The third-order valence-corrected chi connectivity index (χ3v) is 4.49. The van der Waals surface area contributed by atoms with E-state index in [1.807, 2.05) is 30.3 Å². The van der Waals surface area contributed by atoms with Gasteiger partial charge in [0.2, 0.25) is 0 Å². The molecule has 0 aliphatic carbocycles. The molecular weight excluding hydrogens is 338 g/mol. The van der Waals surface area contributed by atoms with Gasteiger partial charge >= 0.3 is 5.97 Å². The molecule has 7 nitrogen and oxygen atoms in total. The van der Waals surface area contributed by atoms with Crippen LogP contribution in [-0.2, 0) is 11.2 Å². The van der Waals surface area contributed by atoms with Gasteiger partial charge in [-0.2, -0.15) is 0 Å². The first-order valence-corrected chi connectivity index (χ1v) is 8.47. The summed E-state index contributed by atoms with van der Waals surface area (Å²) >= 11 is 0. The van der Waals surface area contributed by atoms with Crippen LogP contribution in [0.2, 0.25) is 0 Å². The van der Waals surface area contributed by atoms with E-state index in [0.29, 0.717) is 5.76 Å². The predicted molar refractivity (Wildman–Crippen MR) is 94.4 cm³/mol. The molecule has 1 aromatic heterocycles. The molecule has 0 unspecified atom stereocenters. The van der Waals surface area contributed by atoms with E-state index in [-0.39, 0.29) is 6.42 Å². The van der Waals surface area contributed by atoms with Gasteiger partial charge in [-0.25, -0.2) is 0 Å². The zero-order valence-corrected chi connectivity index (χ0v) is 14.5. The predicted octanol–water partition coefficient (Wildman–Crippen LogP) is 0.956. The van der Waals surface area contributed by atoms with Gasteiger partial charge in [0.25, 0.3) is 0 Å². The number of aliphatic carboxylic acids is 1. The van der Waals surface area contributed by atoms with E-state index in [1.54, 1.807) is 19.1 Å². The Morgan fingerprint density at radius 1 is 1.15 bits per heavy atom. The van der Waals surface area contributed by atoms with Gasteiger partial charge in [0.1, 0.15) is 11.8 Å². The molecule has 142 valence electrons. The van der Waals surface area contributed by atoms with Gasteiger partial charge < -0.3 is 24.8 Å². The highest BCUT2D eigenvalue weighted by Crippen LogP contribution is 2.25. The number of hydrogen-bond acceptors (Lipinski definition) is 6. The first kappa shape index (κ1) is 20.1. The van der Waals surface area contributed by atoms with Crippen molar-refractivity contribution in [2.75, 3.05) is 6.61 Å². The fraction of sp³-hybridized carbons (Fsp3) is 0.421. The zero-order chi connectivity index (χ0) is 19.1. The molecule has 0 aliphatic heterocycles. The second-order valence-electron chi connectivity index (χ2n) is 6.34. The van der Waals surface area contributed by atoms with Crippen molar-refractivity contribution in [3.8, 4) is 0 Å². The van der Waals surface area contributed by atoms with Crippen LogP contribution in [0.5, 0.6) is 0 Å². The first-order valence-electron chi connectivity index (χ1n) is 8.47. The lowest BCUT2D eigenvalue weighted by atomic mass is 9.90. The molecule has 26 heavy (non-hydrogen) atoms. The molecule has 1 aromatic carbocycles. The van der Waals surface area contributed by atoms with Crippen LogP contribution in [0.4, 0.5) is 0 Å². The Bertz CT molecular complexity index is 660. The zero-order valence-electron chi connectivity index (χ0n) is 14.5. The van der Waals surface area contributed by atoms with Crippen molar-refractivity contribution in [1.29, 1.82) is 0 Å².